The summed E-state index contributed by atoms with van der Waals surface area (Å²) in [6.07, 6.45) is 0. The van der Waals surface area contributed by atoms with Gasteiger partial charge in [-0.2, -0.15) is 0 Å². The van der Waals surface area contributed by atoms with Crippen molar-refractivity contribution in [2.24, 2.45) is 0 Å². The zero-order valence-corrected chi connectivity index (χ0v) is 23.1. The molecule has 0 saturated heterocycles. The average molecular weight is 579 g/mol. The molecule has 4 aromatic carbocycles. The highest BCUT2D eigenvalue weighted by atomic mass is 19.1. The summed E-state index contributed by atoms with van der Waals surface area (Å²) in [7, 11) is 0. The number of nitrogens with two attached hydrogens (primary N) is 1. The Bertz CT molecular complexity index is 1420. The molecule has 0 spiro atoms. The molecule has 4 rings (SSSR count). The maximum absolute atomic E-state index is 12.7. The van der Waals surface area contributed by atoms with E-state index in [-0.39, 0.29) is 39.1 Å². The Hall–Kier alpha value is -4.93. The molecule has 0 amide bonds. The lowest BCUT2D eigenvalue weighted by Crippen LogP contribution is -1.95. The van der Waals surface area contributed by atoms with E-state index < -0.39 is 4.92 Å². The molecule has 0 aliphatic rings. The summed E-state index contributed by atoms with van der Waals surface area (Å²) in [6, 6.07) is 21.3. The Labute approximate surface area is 246 Å². The minimum Gasteiger partial charge on any atom is -0.466 e. The van der Waals surface area contributed by atoms with E-state index in [0.29, 0.717) is 35.2 Å². The summed E-state index contributed by atoms with van der Waals surface area (Å²) in [5, 5.41) is 10.7. The van der Waals surface area contributed by atoms with Gasteiger partial charge in [-0.3, -0.25) is 14.9 Å². The number of nitrogen functional groups attached to an aromatic ring is 1. The molecule has 0 saturated carbocycles. The molecule has 0 unspecified atom stereocenters. The fourth-order valence-corrected chi connectivity index (χ4v) is 3.09. The van der Waals surface area contributed by atoms with Gasteiger partial charge in [0.2, 0.25) is 0 Å². The summed E-state index contributed by atoms with van der Waals surface area (Å²) in [5.74, 6) is 1.42. The number of hydrogen-bond acceptors (Lipinski definition) is 7. The monoisotopic (exact) mass is 579 g/mol. The number of nitrogens with zero attached hydrogens (tertiary/aromatic N) is 1. The SMILES string of the molecule is C.CCOC(C)=O.Cc1cc(Oc2ccc(F)cc2)ccc1N.Cc1cc(Oc2ccc(F)cc2)ccc1[N+](=O)[O-].[B]. The maximum Gasteiger partial charge on any atom is 0.302 e. The molecule has 42 heavy (non-hydrogen) atoms. The summed E-state index contributed by atoms with van der Waals surface area (Å²) in [5.41, 5.74) is 7.94. The van der Waals surface area contributed by atoms with Gasteiger partial charge >= 0.3 is 5.97 Å². The van der Waals surface area contributed by atoms with E-state index >= 15 is 0 Å². The Kier molecular flexibility index (Phi) is 16.3. The van der Waals surface area contributed by atoms with Crippen LogP contribution in [0.25, 0.3) is 0 Å². The Morgan fingerprint density at radius 3 is 1.52 bits per heavy atom. The fraction of sp³-hybridized carbons (Fsp3) is 0.194. The molecule has 0 fully saturated rings. The van der Waals surface area contributed by atoms with E-state index in [4.69, 9.17) is 15.2 Å². The van der Waals surface area contributed by atoms with Crippen LogP contribution in [0.2, 0.25) is 0 Å². The van der Waals surface area contributed by atoms with E-state index in [1.807, 2.05) is 13.0 Å². The van der Waals surface area contributed by atoms with Crippen LogP contribution in [0.15, 0.2) is 84.9 Å². The van der Waals surface area contributed by atoms with Crippen molar-refractivity contribution in [2.45, 2.75) is 35.1 Å². The van der Waals surface area contributed by atoms with Crippen LogP contribution in [-0.2, 0) is 9.53 Å². The summed E-state index contributed by atoms with van der Waals surface area (Å²) in [6.45, 7) is 7.20. The zero-order chi connectivity index (χ0) is 29.7. The molecule has 3 radical (unpaired) electrons. The molecule has 0 atom stereocenters. The fourth-order valence-electron chi connectivity index (χ4n) is 3.09. The standard InChI is InChI=1S/C13H10FNO3.C13H12FNO.C4H8O2.CH4.B/c1-9-8-12(6-7-13(9)15(16)17)18-11-4-2-10(14)3-5-11;1-9-8-12(6-7-13(9)15)16-11-4-2-10(14)3-5-11;1-3-6-4(2)5;;/h2-8H,1H3;2-8H,15H2,1H3;3H2,1-2H3;1H4;. The number of rotatable bonds is 6. The third-order valence-electron chi connectivity index (χ3n) is 5.05. The Balaban J connectivity index is 0.000000650. The van der Waals surface area contributed by atoms with Gasteiger partial charge in [-0.15, -0.1) is 0 Å². The van der Waals surface area contributed by atoms with Crippen LogP contribution in [0.5, 0.6) is 23.0 Å². The molecular weight excluding hydrogens is 545 g/mol. The number of anilines is 1. The molecule has 221 valence electrons. The highest BCUT2D eigenvalue weighted by Crippen LogP contribution is 2.27. The van der Waals surface area contributed by atoms with E-state index in [0.717, 1.165) is 11.3 Å². The molecule has 0 aliphatic carbocycles. The van der Waals surface area contributed by atoms with Crippen LogP contribution < -0.4 is 15.2 Å². The first-order chi connectivity index (χ1) is 19.0. The predicted octanol–water partition coefficient (Wildman–Crippen LogP) is 8.17. The first-order valence-electron chi connectivity index (χ1n) is 12.1. The topological polar surface area (TPSA) is 114 Å². The van der Waals surface area contributed by atoms with E-state index in [2.05, 4.69) is 4.74 Å². The number of ether oxygens (including phenoxy) is 3. The number of benzene rings is 4. The molecule has 4 aromatic rings. The van der Waals surface area contributed by atoms with Crippen LogP contribution in [0.1, 0.15) is 32.4 Å². The summed E-state index contributed by atoms with van der Waals surface area (Å²) in [4.78, 5) is 20.0. The first-order valence-corrected chi connectivity index (χ1v) is 12.1. The molecule has 11 heteroatoms. The van der Waals surface area contributed by atoms with Gasteiger partial charge in [-0.05, 0) is 105 Å². The normalized spacial score (nSPS) is 9.29. The molecule has 0 aliphatic heterocycles. The van der Waals surface area contributed by atoms with Gasteiger partial charge in [0, 0.05) is 32.7 Å². The van der Waals surface area contributed by atoms with Gasteiger partial charge in [-0.1, -0.05) is 7.43 Å². The van der Waals surface area contributed by atoms with Crippen molar-refractivity contribution < 1.29 is 32.7 Å². The third kappa shape index (κ3) is 13.0. The van der Waals surface area contributed by atoms with Gasteiger partial charge in [0.1, 0.15) is 34.6 Å². The van der Waals surface area contributed by atoms with Crippen LogP contribution in [0.4, 0.5) is 20.2 Å². The second-order valence-electron chi connectivity index (χ2n) is 8.26. The number of nitro benzene ring substituents is 1. The number of nitro groups is 1. The van der Waals surface area contributed by atoms with E-state index in [1.165, 1.54) is 55.5 Å². The number of carbonyl (C=O) groups excluding carboxylic acids is 1. The van der Waals surface area contributed by atoms with Crippen LogP contribution in [0, 0.1) is 35.6 Å². The summed E-state index contributed by atoms with van der Waals surface area (Å²) < 4.78 is 40.8. The van der Waals surface area contributed by atoms with Crippen LogP contribution in [-0.4, -0.2) is 25.9 Å². The second kappa shape index (κ2) is 18.4. The lowest BCUT2D eigenvalue weighted by atomic mass is 10.2. The van der Waals surface area contributed by atoms with Crippen molar-refractivity contribution in [3.63, 3.8) is 0 Å². The van der Waals surface area contributed by atoms with Gasteiger partial charge in [-0.25, -0.2) is 8.78 Å². The molecular formula is C31H34BF2N2O6. The second-order valence-corrected chi connectivity index (χ2v) is 8.26. The van der Waals surface area contributed by atoms with Crippen molar-refractivity contribution in [3.05, 3.63) is 118 Å². The maximum atomic E-state index is 12.7. The molecule has 2 N–H and O–H groups in total. The molecule has 0 heterocycles. The zero-order valence-electron chi connectivity index (χ0n) is 23.1. The third-order valence-corrected chi connectivity index (χ3v) is 5.05. The van der Waals surface area contributed by atoms with Gasteiger partial charge in [0.05, 0.1) is 11.5 Å². The molecule has 8 nitrogen and oxygen atoms in total. The highest BCUT2D eigenvalue weighted by molar-refractivity contribution is 5.75. The quantitative estimate of drug-likeness (QED) is 0.0806. The Morgan fingerprint density at radius 2 is 1.19 bits per heavy atom. The van der Waals surface area contributed by atoms with Gasteiger partial charge in [0.25, 0.3) is 5.69 Å². The number of carbonyl (C=O) groups is 1. The molecule has 0 bridgehead atoms. The Morgan fingerprint density at radius 1 is 0.786 bits per heavy atom. The van der Waals surface area contributed by atoms with Crippen molar-refractivity contribution in [3.8, 4) is 23.0 Å². The lowest BCUT2D eigenvalue weighted by molar-refractivity contribution is -0.385. The largest absolute Gasteiger partial charge is 0.466 e. The van der Waals surface area contributed by atoms with Crippen molar-refractivity contribution in [1.29, 1.82) is 0 Å². The van der Waals surface area contributed by atoms with Crippen molar-refractivity contribution in [1.82, 2.24) is 0 Å². The van der Waals surface area contributed by atoms with Gasteiger partial charge in [0.15, 0.2) is 0 Å². The molecule has 0 aromatic heterocycles. The number of aryl methyl sites for hydroxylation is 2. The van der Waals surface area contributed by atoms with Gasteiger partial charge < -0.3 is 19.9 Å². The van der Waals surface area contributed by atoms with Crippen LogP contribution in [0.3, 0.4) is 0 Å². The smallest absolute Gasteiger partial charge is 0.302 e. The minimum atomic E-state index is -0.447. The van der Waals surface area contributed by atoms with Crippen molar-refractivity contribution >= 4 is 25.8 Å². The summed E-state index contributed by atoms with van der Waals surface area (Å²) >= 11 is 0. The van der Waals surface area contributed by atoms with E-state index in [1.54, 1.807) is 44.2 Å². The van der Waals surface area contributed by atoms with E-state index in [9.17, 15) is 23.7 Å². The minimum absolute atomic E-state index is 0. The highest BCUT2D eigenvalue weighted by Gasteiger charge is 2.11. The van der Waals surface area contributed by atoms with Crippen molar-refractivity contribution in [2.75, 3.05) is 12.3 Å². The number of hydrogen-bond donors (Lipinski definition) is 1. The average Bonchev–Trinajstić information content (AvgIpc) is 2.89. The first kappa shape index (κ1) is 37.1. The number of esters is 1. The number of halogens is 2. The lowest BCUT2D eigenvalue weighted by Gasteiger charge is -2.07. The van der Waals surface area contributed by atoms with Crippen LogP contribution >= 0.6 is 0 Å². The predicted molar refractivity (Wildman–Crippen MR) is 161 cm³/mol.